The van der Waals surface area contributed by atoms with Gasteiger partial charge in [0.25, 0.3) is 5.69 Å². The third-order valence-electron chi connectivity index (χ3n) is 2.49. The molecule has 90 valence electrons. The zero-order valence-corrected chi connectivity index (χ0v) is 9.21. The van der Waals surface area contributed by atoms with E-state index in [1.807, 2.05) is 0 Å². The van der Waals surface area contributed by atoms with Gasteiger partial charge in [-0.25, -0.2) is 0 Å². The number of nitro benzene ring substituents is 1. The molecule has 0 spiro atoms. The number of fused-ring (bicyclic) bond motifs is 1. The molecule has 1 unspecified atom stereocenters. The lowest BCUT2D eigenvalue weighted by Gasteiger charge is -2.24. The van der Waals surface area contributed by atoms with Gasteiger partial charge in [-0.2, -0.15) is 0 Å². The molecule has 1 heterocycles. The number of benzene rings is 1. The summed E-state index contributed by atoms with van der Waals surface area (Å²) in [6.07, 6.45) is -0.146. The van der Waals surface area contributed by atoms with Crippen LogP contribution >= 0.6 is 0 Å². The lowest BCUT2D eigenvalue weighted by atomic mass is 10.0. The summed E-state index contributed by atoms with van der Waals surface area (Å²) < 4.78 is 10.3. The highest BCUT2D eigenvalue weighted by atomic mass is 16.6. The minimum Gasteiger partial charge on any atom is -0.489 e. The second-order valence-electron chi connectivity index (χ2n) is 3.76. The number of nitro groups is 1. The Morgan fingerprint density at radius 2 is 2.35 bits per heavy atom. The van der Waals surface area contributed by atoms with E-state index in [4.69, 9.17) is 9.47 Å². The predicted octanol–water partition coefficient (Wildman–Crippen LogP) is 1.46. The van der Waals surface area contributed by atoms with Gasteiger partial charge in [-0.15, -0.1) is 0 Å². The van der Waals surface area contributed by atoms with Crippen molar-refractivity contribution in [2.45, 2.75) is 19.4 Å². The number of esters is 1. The molecule has 2 rings (SSSR count). The maximum atomic E-state index is 10.8. The number of ether oxygens (including phenoxy) is 2. The zero-order valence-electron chi connectivity index (χ0n) is 9.21. The van der Waals surface area contributed by atoms with Crippen molar-refractivity contribution in [1.29, 1.82) is 0 Å². The molecule has 0 bridgehead atoms. The molecule has 1 aromatic carbocycles. The SMILES string of the molecule is CC(=O)OC1COc2cccc([N+](=O)[O-])c2C1. The monoisotopic (exact) mass is 237 g/mol. The van der Waals surface area contributed by atoms with Gasteiger partial charge >= 0.3 is 5.97 Å². The maximum Gasteiger partial charge on any atom is 0.303 e. The quantitative estimate of drug-likeness (QED) is 0.442. The van der Waals surface area contributed by atoms with Crippen LogP contribution in [0.1, 0.15) is 12.5 Å². The van der Waals surface area contributed by atoms with Crippen molar-refractivity contribution in [3.63, 3.8) is 0 Å². The van der Waals surface area contributed by atoms with Crippen LogP contribution in [0.2, 0.25) is 0 Å². The molecule has 0 aromatic heterocycles. The van der Waals surface area contributed by atoms with Gasteiger partial charge in [0.2, 0.25) is 0 Å². The average Bonchev–Trinajstić information content (AvgIpc) is 2.27. The molecular formula is C11H11NO5. The molecule has 1 aromatic rings. The van der Waals surface area contributed by atoms with Gasteiger partial charge < -0.3 is 9.47 Å². The minimum absolute atomic E-state index is 0.000600. The smallest absolute Gasteiger partial charge is 0.303 e. The summed E-state index contributed by atoms with van der Waals surface area (Å²) >= 11 is 0. The van der Waals surface area contributed by atoms with Crippen molar-refractivity contribution >= 4 is 11.7 Å². The molecule has 6 nitrogen and oxygen atoms in total. The number of hydrogen-bond donors (Lipinski definition) is 0. The van der Waals surface area contributed by atoms with Gasteiger partial charge in [0.1, 0.15) is 18.5 Å². The first-order chi connectivity index (χ1) is 8.08. The highest BCUT2D eigenvalue weighted by Gasteiger charge is 2.28. The summed E-state index contributed by atoms with van der Waals surface area (Å²) in [7, 11) is 0. The molecule has 6 heteroatoms. The highest BCUT2D eigenvalue weighted by molar-refractivity contribution is 5.66. The maximum absolute atomic E-state index is 10.8. The summed E-state index contributed by atoms with van der Waals surface area (Å²) in [5, 5.41) is 10.8. The predicted molar refractivity (Wildman–Crippen MR) is 57.8 cm³/mol. The summed E-state index contributed by atoms with van der Waals surface area (Å²) in [6.45, 7) is 1.53. The topological polar surface area (TPSA) is 78.7 Å². The largest absolute Gasteiger partial charge is 0.489 e. The summed E-state index contributed by atoms with van der Waals surface area (Å²) in [4.78, 5) is 21.2. The third kappa shape index (κ3) is 2.35. The van der Waals surface area contributed by atoms with Gasteiger partial charge in [0.15, 0.2) is 0 Å². The zero-order chi connectivity index (χ0) is 12.4. The van der Waals surface area contributed by atoms with Gasteiger partial charge in [0.05, 0.1) is 10.5 Å². The van der Waals surface area contributed by atoms with Crippen LogP contribution in [0.15, 0.2) is 18.2 Å². The van der Waals surface area contributed by atoms with Crippen molar-refractivity contribution in [3.8, 4) is 5.75 Å². The van der Waals surface area contributed by atoms with Crippen LogP contribution in [0, 0.1) is 10.1 Å². The van der Waals surface area contributed by atoms with Crippen LogP contribution < -0.4 is 4.74 Å². The molecule has 0 fully saturated rings. The third-order valence-corrected chi connectivity index (χ3v) is 2.49. The first-order valence-corrected chi connectivity index (χ1v) is 5.14. The fourth-order valence-corrected chi connectivity index (χ4v) is 1.85. The summed E-state index contributed by atoms with van der Waals surface area (Å²) in [5.74, 6) is 0.0724. The van der Waals surface area contributed by atoms with Crippen molar-refractivity contribution in [2.24, 2.45) is 0 Å². The lowest BCUT2D eigenvalue weighted by Crippen LogP contribution is -2.30. The number of carbonyl (C=O) groups is 1. The Morgan fingerprint density at radius 3 is 3.00 bits per heavy atom. The molecule has 0 N–H and O–H groups in total. The molecule has 1 atom stereocenters. The fraction of sp³-hybridized carbons (Fsp3) is 0.364. The van der Waals surface area contributed by atoms with E-state index >= 15 is 0 Å². The Hall–Kier alpha value is -2.11. The van der Waals surface area contributed by atoms with E-state index in [0.29, 0.717) is 17.7 Å². The van der Waals surface area contributed by atoms with Crippen molar-refractivity contribution in [1.82, 2.24) is 0 Å². The Morgan fingerprint density at radius 1 is 1.59 bits per heavy atom. The molecular weight excluding hydrogens is 226 g/mol. The Labute approximate surface area is 97.3 Å². The molecule has 0 saturated carbocycles. The molecule has 1 aliphatic heterocycles. The van der Waals surface area contributed by atoms with Crippen molar-refractivity contribution in [2.75, 3.05) is 6.61 Å². The first-order valence-electron chi connectivity index (χ1n) is 5.14. The van der Waals surface area contributed by atoms with Crippen LogP contribution in [-0.2, 0) is 16.0 Å². The van der Waals surface area contributed by atoms with E-state index in [9.17, 15) is 14.9 Å². The van der Waals surface area contributed by atoms with Gasteiger partial charge in [-0.3, -0.25) is 14.9 Å². The Bertz CT molecular complexity index is 471. The van der Waals surface area contributed by atoms with E-state index in [2.05, 4.69) is 0 Å². The van der Waals surface area contributed by atoms with E-state index in [-0.39, 0.29) is 12.3 Å². The fourth-order valence-electron chi connectivity index (χ4n) is 1.85. The standard InChI is InChI=1S/C11H11NO5/c1-7(13)17-8-5-9-10(12(14)15)3-2-4-11(9)16-6-8/h2-4,8H,5-6H2,1H3. The molecule has 1 aliphatic rings. The number of nitrogens with zero attached hydrogens (tertiary/aromatic N) is 1. The van der Waals surface area contributed by atoms with E-state index in [1.165, 1.54) is 13.0 Å². The van der Waals surface area contributed by atoms with Crippen LogP contribution in [0.5, 0.6) is 5.75 Å². The Kier molecular flexibility index (Phi) is 2.95. The molecule has 0 radical (unpaired) electrons. The highest BCUT2D eigenvalue weighted by Crippen LogP contribution is 2.33. The Balaban J connectivity index is 2.28. The normalized spacial score (nSPS) is 17.8. The lowest BCUT2D eigenvalue weighted by molar-refractivity contribution is -0.385. The first kappa shape index (κ1) is 11.4. The van der Waals surface area contributed by atoms with Gasteiger partial charge in [0, 0.05) is 19.4 Å². The van der Waals surface area contributed by atoms with Crippen LogP contribution in [0.3, 0.4) is 0 Å². The van der Waals surface area contributed by atoms with E-state index < -0.39 is 17.0 Å². The van der Waals surface area contributed by atoms with Gasteiger partial charge in [-0.1, -0.05) is 6.07 Å². The number of carbonyl (C=O) groups excluding carboxylic acids is 1. The van der Waals surface area contributed by atoms with Gasteiger partial charge in [-0.05, 0) is 6.07 Å². The van der Waals surface area contributed by atoms with Crippen LogP contribution in [0.4, 0.5) is 5.69 Å². The molecule has 0 aliphatic carbocycles. The van der Waals surface area contributed by atoms with Crippen LogP contribution in [0.25, 0.3) is 0 Å². The number of hydrogen-bond acceptors (Lipinski definition) is 5. The minimum atomic E-state index is -0.460. The van der Waals surface area contributed by atoms with Crippen molar-refractivity contribution in [3.05, 3.63) is 33.9 Å². The molecule has 17 heavy (non-hydrogen) atoms. The number of rotatable bonds is 2. The van der Waals surface area contributed by atoms with E-state index in [0.717, 1.165) is 0 Å². The summed E-state index contributed by atoms with van der Waals surface area (Å²) in [6, 6.07) is 4.66. The molecule has 0 saturated heterocycles. The average molecular weight is 237 g/mol. The molecule has 0 amide bonds. The van der Waals surface area contributed by atoms with Crippen molar-refractivity contribution < 1.29 is 19.2 Å². The summed E-state index contributed by atoms with van der Waals surface area (Å²) in [5.41, 5.74) is 0.481. The van der Waals surface area contributed by atoms with Crippen LogP contribution in [-0.4, -0.2) is 23.6 Å². The second-order valence-corrected chi connectivity index (χ2v) is 3.76. The second kappa shape index (κ2) is 4.40. The van der Waals surface area contributed by atoms with E-state index in [1.54, 1.807) is 12.1 Å².